The number of rotatable bonds is 8. The Labute approximate surface area is 183 Å². The van der Waals surface area contributed by atoms with Gasteiger partial charge < -0.3 is 25.0 Å². The predicted molar refractivity (Wildman–Crippen MR) is 121 cm³/mol. The molecule has 1 fully saturated rings. The number of carbonyl (C=O) groups is 2. The van der Waals surface area contributed by atoms with Gasteiger partial charge in [0.15, 0.2) is 11.5 Å². The fourth-order valence-electron chi connectivity index (χ4n) is 3.56. The monoisotopic (exact) mass is 426 g/mol. The van der Waals surface area contributed by atoms with Crippen molar-refractivity contribution >= 4 is 23.2 Å². The van der Waals surface area contributed by atoms with E-state index in [0.29, 0.717) is 23.7 Å². The van der Waals surface area contributed by atoms with E-state index in [0.717, 1.165) is 39.1 Å². The summed E-state index contributed by atoms with van der Waals surface area (Å²) in [6.45, 7) is 5.30. The van der Waals surface area contributed by atoms with Crippen molar-refractivity contribution in [3.05, 3.63) is 48.5 Å². The quantitative estimate of drug-likeness (QED) is 0.496. The number of nitrogens with one attached hydrogen (secondary N) is 2. The highest BCUT2D eigenvalue weighted by atomic mass is 16.5. The lowest BCUT2D eigenvalue weighted by Gasteiger charge is -2.36. The van der Waals surface area contributed by atoms with Crippen molar-refractivity contribution in [2.24, 2.45) is 0 Å². The number of para-hydroxylation sites is 1. The molecular weight excluding hydrogens is 396 g/mol. The van der Waals surface area contributed by atoms with Gasteiger partial charge in [-0.15, -0.1) is 0 Å². The maximum absolute atomic E-state index is 12.1. The molecule has 2 aromatic rings. The molecule has 166 valence electrons. The highest BCUT2D eigenvalue weighted by Gasteiger charge is 2.18. The molecule has 2 amide bonds. The van der Waals surface area contributed by atoms with Gasteiger partial charge in [0, 0.05) is 50.2 Å². The fraction of sp³-hybridized carbons (Fsp3) is 0.391. The number of amides is 2. The summed E-state index contributed by atoms with van der Waals surface area (Å²) in [5.74, 6) is -0.324. The molecule has 1 saturated heterocycles. The molecular formula is C23H30N4O4. The van der Waals surface area contributed by atoms with Gasteiger partial charge in [-0.2, -0.15) is 0 Å². The Morgan fingerprint density at radius 3 is 2.29 bits per heavy atom. The van der Waals surface area contributed by atoms with Crippen LogP contribution in [0, 0.1) is 0 Å². The number of anilines is 2. The van der Waals surface area contributed by atoms with Gasteiger partial charge in [0.1, 0.15) is 0 Å². The van der Waals surface area contributed by atoms with Gasteiger partial charge in [0.05, 0.1) is 14.2 Å². The van der Waals surface area contributed by atoms with Gasteiger partial charge in [0.25, 0.3) is 0 Å². The summed E-state index contributed by atoms with van der Waals surface area (Å²) in [5.41, 5.74) is 1.73. The first-order valence-corrected chi connectivity index (χ1v) is 10.4. The molecule has 0 unspecified atom stereocenters. The number of carbonyl (C=O) groups excluding carboxylic acids is 2. The van der Waals surface area contributed by atoms with Gasteiger partial charge >= 0.3 is 11.8 Å². The van der Waals surface area contributed by atoms with Crippen molar-refractivity contribution in [1.82, 2.24) is 10.2 Å². The summed E-state index contributed by atoms with van der Waals surface area (Å²) in [4.78, 5) is 29.0. The number of piperazine rings is 1. The summed E-state index contributed by atoms with van der Waals surface area (Å²) in [6, 6.07) is 15.4. The van der Waals surface area contributed by atoms with Gasteiger partial charge in [0.2, 0.25) is 0 Å². The van der Waals surface area contributed by atoms with Crippen molar-refractivity contribution in [3.63, 3.8) is 0 Å². The van der Waals surface area contributed by atoms with E-state index in [1.165, 1.54) is 19.9 Å². The average Bonchev–Trinajstić information content (AvgIpc) is 2.82. The molecule has 0 bridgehead atoms. The molecule has 0 atom stereocenters. The fourth-order valence-corrected chi connectivity index (χ4v) is 3.56. The molecule has 3 rings (SSSR count). The van der Waals surface area contributed by atoms with Crippen molar-refractivity contribution in [2.45, 2.75) is 6.42 Å². The minimum Gasteiger partial charge on any atom is -0.493 e. The molecule has 8 heteroatoms. The zero-order valence-electron chi connectivity index (χ0n) is 18.1. The van der Waals surface area contributed by atoms with Crippen molar-refractivity contribution in [1.29, 1.82) is 0 Å². The van der Waals surface area contributed by atoms with E-state index in [9.17, 15) is 9.59 Å². The maximum Gasteiger partial charge on any atom is 0.313 e. The standard InChI is InChI=1S/C23H30N4O4/c1-30-20-10-9-18(17-21(20)31-2)25-23(29)22(28)24-11-6-12-26-13-15-27(16-14-26)19-7-4-3-5-8-19/h3-5,7-10,17H,6,11-16H2,1-2H3,(H,24,28)(H,25,29). The Morgan fingerprint density at radius 1 is 0.903 bits per heavy atom. The highest BCUT2D eigenvalue weighted by Crippen LogP contribution is 2.29. The number of hydrogen-bond acceptors (Lipinski definition) is 6. The summed E-state index contributed by atoms with van der Waals surface area (Å²) in [6.07, 6.45) is 0.792. The van der Waals surface area contributed by atoms with E-state index in [4.69, 9.17) is 9.47 Å². The predicted octanol–water partition coefficient (Wildman–Crippen LogP) is 1.97. The summed E-state index contributed by atoms with van der Waals surface area (Å²) in [5, 5.41) is 5.26. The number of benzene rings is 2. The molecule has 1 heterocycles. The molecule has 8 nitrogen and oxygen atoms in total. The minimum absolute atomic E-state index is 0.455. The minimum atomic E-state index is -0.705. The second-order valence-electron chi connectivity index (χ2n) is 7.30. The molecule has 0 aromatic heterocycles. The Morgan fingerprint density at radius 2 is 1.61 bits per heavy atom. The first kappa shape index (κ1) is 22.4. The van der Waals surface area contributed by atoms with Crippen molar-refractivity contribution < 1.29 is 19.1 Å². The van der Waals surface area contributed by atoms with Gasteiger partial charge in [-0.05, 0) is 37.2 Å². The SMILES string of the molecule is COc1ccc(NC(=O)C(=O)NCCCN2CCN(c3ccccc3)CC2)cc1OC. The van der Waals surface area contributed by atoms with Crippen molar-refractivity contribution in [2.75, 3.05) is 63.7 Å². The van der Waals surface area contributed by atoms with E-state index < -0.39 is 11.8 Å². The van der Waals surface area contributed by atoms with Crippen molar-refractivity contribution in [3.8, 4) is 11.5 Å². The largest absolute Gasteiger partial charge is 0.493 e. The first-order valence-electron chi connectivity index (χ1n) is 10.4. The third kappa shape index (κ3) is 6.36. The molecule has 0 radical (unpaired) electrons. The van der Waals surface area contributed by atoms with Gasteiger partial charge in [-0.3, -0.25) is 14.5 Å². The smallest absolute Gasteiger partial charge is 0.313 e. The van der Waals surface area contributed by atoms with Crippen LogP contribution >= 0.6 is 0 Å². The third-order valence-corrected chi connectivity index (χ3v) is 5.28. The highest BCUT2D eigenvalue weighted by molar-refractivity contribution is 6.39. The van der Waals surface area contributed by atoms with E-state index in [1.807, 2.05) is 6.07 Å². The molecule has 1 aliphatic rings. The third-order valence-electron chi connectivity index (χ3n) is 5.28. The van der Waals surface area contributed by atoms with Crippen LogP contribution in [0.2, 0.25) is 0 Å². The number of nitrogens with zero attached hydrogens (tertiary/aromatic N) is 2. The lowest BCUT2D eigenvalue weighted by molar-refractivity contribution is -0.136. The molecule has 2 aromatic carbocycles. The molecule has 0 spiro atoms. The Hall–Kier alpha value is -3.26. The average molecular weight is 427 g/mol. The van der Waals surface area contributed by atoms with Gasteiger partial charge in [-0.25, -0.2) is 0 Å². The van der Waals surface area contributed by atoms with Crippen LogP contribution in [0.25, 0.3) is 0 Å². The van der Waals surface area contributed by atoms with E-state index in [-0.39, 0.29) is 0 Å². The zero-order valence-corrected chi connectivity index (χ0v) is 18.1. The van der Waals surface area contributed by atoms with Crippen LogP contribution in [0.15, 0.2) is 48.5 Å². The Kier molecular flexibility index (Phi) is 8.12. The summed E-state index contributed by atoms with van der Waals surface area (Å²) >= 11 is 0. The van der Waals surface area contributed by atoms with Crippen LogP contribution in [-0.2, 0) is 9.59 Å². The van der Waals surface area contributed by atoms with Crippen LogP contribution in [-0.4, -0.2) is 70.2 Å². The summed E-state index contributed by atoms with van der Waals surface area (Å²) in [7, 11) is 3.05. The summed E-state index contributed by atoms with van der Waals surface area (Å²) < 4.78 is 10.4. The van der Waals surface area contributed by atoms with Crippen LogP contribution in [0.3, 0.4) is 0 Å². The molecule has 0 saturated carbocycles. The number of methoxy groups -OCH3 is 2. The second-order valence-corrected chi connectivity index (χ2v) is 7.30. The van der Waals surface area contributed by atoms with Gasteiger partial charge in [-0.1, -0.05) is 18.2 Å². The molecule has 2 N–H and O–H groups in total. The topological polar surface area (TPSA) is 83.1 Å². The maximum atomic E-state index is 12.1. The molecule has 1 aliphatic heterocycles. The van der Waals surface area contributed by atoms with Crippen LogP contribution in [0.4, 0.5) is 11.4 Å². The first-order chi connectivity index (χ1) is 15.1. The van der Waals surface area contributed by atoms with E-state index in [1.54, 1.807) is 18.2 Å². The number of hydrogen-bond donors (Lipinski definition) is 2. The normalized spacial score (nSPS) is 14.1. The Balaban J connectivity index is 1.34. The zero-order chi connectivity index (χ0) is 22.1. The second kappa shape index (κ2) is 11.2. The van der Waals surface area contributed by atoms with Crippen LogP contribution in [0.5, 0.6) is 11.5 Å². The number of ether oxygens (including phenoxy) is 2. The lowest BCUT2D eigenvalue weighted by Crippen LogP contribution is -2.47. The van der Waals surface area contributed by atoms with Crippen LogP contribution < -0.4 is 25.0 Å². The molecule has 0 aliphatic carbocycles. The Bertz CT molecular complexity index is 867. The lowest BCUT2D eigenvalue weighted by atomic mass is 10.2. The van der Waals surface area contributed by atoms with Crippen LogP contribution in [0.1, 0.15) is 6.42 Å². The van der Waals surface area contributed by atoms with E-state index >= 15 is 0 Å². The molecule has 31 heavy (non-hydrogen) atoms. The van der Waals surface area contributed by atoms with E-state index in [2.05, 4.69) is 44.7 Å².